The minimum atomic E-state index is 0. The molecule has 2 fully saturated rings. The summed E-state index contributed by atoms with van der Waals surface area (Å²) in [5, 5.41) is 6.67. The molecule has 140 valence electrons. The number of hydrogen-bond acceptors (Lipinski definition) is 6. The number of morpholine rings is 1. The van der Waals surface area contributed by atoms with Crippen LogP contribution in [-0.4, -0.2) is 91.3 Å². The molecule has 2 aliphatic heterocycles. The Morgan fingerprint density at radius 2 is 2.12 bits per heavy atom. The lowest BCUT2D eigenvalue weighted by molar-refractivity contribution is 0.0195. The van der Waals surface area contributed by atoms with Gasteiger partial charge in [0.15, 0.2) is 5.96 Å². The van der Waals surface area contributed by atoms with E-state index in [4.69, 9.17) is 4.74 Å². The van der Waals surface area contributed by atoms with Crippen molar-refractivity contribution in [3.8, 4) is 0 Å². The van der Waals surface area contributed by atoms with Gasteiger partial charge < -0.3 is 20.3 Å². The zero-order valence-electron chi connectivity index (χ0n) is 14.7. The molecule has 0 saturated carbocycles. The van der Waals surface area contributed by atoms with Crippen LogP contribution in [-0.2, 0) is 4.74 Å². The van der Waals surface area contributed by atoms with Crippen LogP contribution in [0.1, 0.15) is 6.42 Å². The molecule has 3 heterocycles. The molecule has 1 unspecified atom stereocenters. The molecule has 0 spiro atoms. The van der Waals surface area contributed by atoms with Gasteiger partial charge in [0.2, 0.25) is 0 Å². The van der Waals surface area contributed by atoms with E-state index in [0.29, 0.717) is 6.04 Å². The number of nitrogens with zero attached hydrogens (tertiary/aromatic N) is 5. The van der Waals surface area contributed by atoms with E-state index in [1.165, 1.54) is 6.42 Å². The van der Waals surface area contributed by atoms with Gasteiger partial charge in [0.05, 0.1) is 19.4 Å². The van der Waals surface area contributed by atoms with Crippen LogP contribution in [0.2, 0.25) is 0 Å². The van der Waals surface area contributed by atoms with E-state index in [2.05, 4.69) is 35.4 Å². The van der Waals surface area contributed by atoms with Gasteiger partial charge in [-0.05, 0) is 6.42 Å². The van der Waals surface area contributed by atoms with Gasteiger partial charge in [0.25, 0.3) is 0 Å². The highest BCUT2D eigenvalue weighted by molar-refractivity contribution is 14.0. The molecule has 25 heavy (non-hydrogen) atoms. The first-order valence-corrected chi connectivity index (χ1v) is 8.64. The van der Waals surface area contributed by atoms with Gasteiger partial charge in [-0.2, -0.15) is 0 Å². The quantitative estimate of drug-likeness (QED) is 0.286. The average molecular weight is 461 g/mol. The molecule has 2 N–H and O–H groups in total. The maximum absolute atomic E-state index is 5.45. The average Bonchev–Trinajstić information content (AvgIpc) is 3.13. The normalized spacial score (nSPS) is 21.7. The summed E-state index contributed by atoms with van der Waals surface area (Å²) in [6.45, 7) is 7.48. The molecule has 2 aliphatic rings. The highest BCUT2D eigenvalue weighted by Crippen LogP contribution is 2.16. The molecule has 2 saturated heterocycles. The molecule has 3 rings (SSSR count). The molecule has 0 aromatic carbocycles. The van der Waals surface area contributed by atoms with Crippen molar-refractivity contribution in [2.75, 3.05) is 64.8 Å². The number of halogens is 1. The number of nitrogens with one attached hydrogen (secondary N) is 2. The lowest BCUT2D eigenvalue weighted by Gasteiger charge is -2.32. The lowest BCUT2D eigenvalue weighted by Crippen LogP contribution is -2.47. The van der Waals surface area contributed by atoms with Gasteiger partial charge in [-0.25, -0.2) is 4.98 Å². The third-order valence-corrected chi connectivity index (χ3v) is 4.51. The minimum Gasteiger partial charge on any atom is -0.379 e. The van der Waals surface area contributed by atoms with E-state index in [0.717, 1.165) is 64.3 Å². The van der Waals surface area contributed by atoms with Crippen LogP contribution in [0.15, 0.2) is 23.6 Å². The summed E-state index contributed by atoms with van der Waals surface area (Å²) in [5.74, 6) is 1.77. The van der Waals surface area contributed by atoms with Crippen LogP contribution in [0.25, 0.3) is 0 Å². The third-order valence-electron chi connectivity index (χ3n) is 4.51. The van der Waals surface area contributed by atoms with Crippen LogP contribution < -0.4 is 10.6 Å². The fourth-order valence-electron chi connectivity index (χ4n) is 3.26. The molecule has 0 amide bonds. The highest BCUT2D eigenvalue weighted by atomic mass is 127. The SMILES string of the molecule is CN=C(NCCNc1cnccn1)N1CCC(N2CCOCC2)C1.I. The van der Waals surface area contributed by atoms with Crippen molar-refractivity contribution in [2.45, 2.75) is 12.5 Å². The fourth-order valence-corrected chi connectivity index (χ4v) is 3.26. The Morgan fingerprint density at radius 1 is 1.28 bits per heavy atom. The maximum atomic E-state index is 5.45. The van der Waals surface area contributed by atoms with E-state index in [1.807, 2.05) is 7.05 Å². The summed E-state index contributed by atoms with van der Waals surface area (Å²) >= 11 is 0. The van der Waals surface area contributed by atoms with Crippen LogP contribution in [0, 0.1) is 0 Å². The first-order valence-electron chi connectivity index (χ1n) is 8.64. The largest absolute Gasteiger partial charge is 0.379 e. The van der Waals surface area contributed by atoms with Crippen molar-refractivity contribution in [2.24, 2.45) is 4.99 Å². The fraction of sp³-hybridized carbons (Fsp3) is 0.688. The summed E-state index contributed by atoms with van der Waals surface area (Å²) < 4.78 is 5.45. The van der Waals surface area contributed by atoms with Crippen LogP contribution in [0.5, 0.6) is 0 Å². The van der Waals surface area contributed by atoms with E-state index < -0.39 is 0 Å². The van der Waals surface area contributed by atoms with Gasteiger partial charge in [0.1, 0.15) is 5.82 Å². The van der Waals surface area contributed by atoms with Crippen molar-refractivity contribution in [3.63, 3.8) is 0 Å². The number of likely N-dealkylation sites (tertiary alicyclic amines) is 1. The minimum absolute atomic E-state index is 0. The van der Waals surface area contributed by atoms with E-state index in [-0.39, 0.29) is 24.0 Å². The molecule has 0 aliphatic carbocycles. The second-order valence-corrected chi connectivity index (χ2v) is 6.03. The Morgan fingerprint density at radius 3 is 2.84 bits per heavy atom. The highest BCUT2D eigenvalue weighted by Gasteiger charge is 2.30. The lowest BCUT2D eigenvalue weighted by atomic mass is 10.2. The Labute approximate surface area is 166 Å². The Hall–Kier alpha value is -1.20. The second kappa shape index (κ2) is 10.7. The Kier molecular flexibility index (Phi) is 8.62. The standard InChI is InChI=1S/C16H27N7O.HI/c1-17-16(21-6-5-20-15-12-18-3-4-19-15)23-7-2-14(13-23)22-8-10-24-11-9-22;/h3-4,12,14H,2,5-11,13H2,1H3,(H,17,21)(H,19,20);1H. The zero-order valence-corrected chi connectivity index (χ0v) is 17.1. The van der Waals surface area contributed by atoms with Gasteiger partial charge in [-0.15, -0.1) is 24.0 Å². The van der Waals surface area contributed by atoms with Gasteiger partial charge in [-0.1, -0.05) is 0 Å². The first kappa shape index (κ1) is 20.1. The summed E-state index contributed by atoms with van der Waals surface area (Å²) in [6.07, 6.45) is 6.27. The molecular formula is C16H28IN7O. The van der Waals surface area contributed by atoms with E-state index in [1.54, 1.807) is 18.6 Å². The first-order chi connectivity index (χ1) is 11.9. The predicted octanol–water partition coefficient (Wildman–Crippen LogP) is 0.488. The van der Waals surface area contributed by atoms with Crippen LogP contribution in [0.3, 0.4) is 0 Å². The summed E-state index contributed by atoms with van der Waals surface area (Å²) in [6, 6.07) is 0.616. The summed E-state index contributed by atoms with van der Waals surface area (Å²) in [5.41, 5.74) is 0. The number of rotatable bonds is 5. The second-order valence-electron chi connectivity index (χ2n) is 6.03. The van der Waals surface area contributed by atoms with Gasteiger partial charge in [-0.3, -0.25) is 14.9 Å². The van der Waals surface area contributed by atoms with Crippen molar-refractivity contribution < 1.29 is 4.74 Å². The van der Waals surface area contributed by atoms with E-state index >= 15 is 0 Å². The smallest absolute Gasteiger partial charge is 0.193 e. The number of guanidine groups is 1. The molecule has 1 aromatic heterocycles. The molecule has 8 nitrogen and oxygen atoms in total. The van der Waals surface area contributed by atoms with Gasteiger partial charge in [0, 0.05) is 64.8 Å². The number of ether oxygens (including phenoxy) is 1. The van der Waals surface area contributed by atoms with Gasteiger partial charge >= 0.3 is 0 Å². The van der Waals surface area contributed by atoms with E-state index in [9.17, 15) is 0 Å². The molecule has 1 atom stereocenters. The molecule has 0 radical (unpaired) electrons. The third kappa shape index (κ3) is 5.93. The molecule has 0 bridgehead atoms. The number of anilines is 1. The van der Waals surface area contributed by atoms with Crippen LogP contribution in [0.4, 0.5) is 5.82 Å². The van der Waals surface area contributed by atoms with Crippen molar-refractivity contribution in [3.05, 3.63) is 18.6 Å². The van der Waals surface area contributed by atoms with Crippen molar-refractivity contribution in [1.29, 1.82) is 0 Å². The topological polar surface area (TPSA) is 77.9 Å². The molecular weight excluding hydrogens is 433 g/mol. The number of aliphatic imine (C=N–C) groups is 1. The maximum Gasteiger partial charge on any atom is 0.193 e. The van der Waals surface area contributed by atoms with Crippen molar-refractivity contribution in [1.82, 2.24) is 25.1 Å². The van der Waals surface area contributed by atoms with Crippen molar-refractivity contribution >= 4 is 35.8 Å². The molecule has 9 heteroatoms. The van der Waals surface area contributed by atoms with Crippen LogP contribution >= 0.6 is 24.0 Å². The Balaban J connectivity index is 0.00000225. The zero-order chi connectivity index (χ0) is 16.6. The summed E-state index contributed by atoms with van der Waals surface area (Å²) in [4.78, 5) is 17.6. The number of aromatic nitrogens is 2. The predicted molar refractivity (Wildman–Crippen MR) is 110 cm³/mol. The Bertz CT molecular complexity index is 524. The summed E-state index contributed by atoms with van der Waals surface area (Å²) in [7, 11) is 1.85. The monoisotopic (exact) mass is 461 g/mol. The molecule has 1 aromatic rings. The number of hydrogen-bond donors (Lipinski definition) is 2.